The van der Waals surface area contributed by atoms with Crippen molar-refractivity contribution in [2.45, 2.75) is 26.4 Å². The molecule has 0 bridgehead atoms. The van der Waals surface area contributed by atoms with E-state index in [1.165, 1.54) is 0 Å². The van der Waals surface area contributed by atoms with E-state index in [1.807, 2.05) is 63.5 Å². The van der Waals surface area contributed by atoms with Gasteiger partial charge in [0.05, 0.1) is 5.52 Å². The average Bonchev–Trinajstić information content (AvgIpc) is 2.89. The molecule has 1 aromatic heterocycles. The molecule has 3 aromatic rings. The largest absolute Gasteiger partial charge is 0.322 e. The molecule has 0 saturated carbocycles. The number of para-hydroxylation sites is 1. The maximum absolute atomic E-state index is 13.1. The van der Waals surface area contributed by atoms with Gasteiger partial charge in [0.1, 0.15) is 11.9 Å². The van der Waals surface area contributed by atoms with E-state index in [4.69, 9.17) is 11.6 Å². The van der Waals surface area contributed by atoms with Gasteiger partial charge in [0.25, 0.3) is 5.91 Å². The number of carbonyl (C=O) groups excluding carboxylic acids is 1. The summed E-state index contributed by atoms with van der Waals surface area (Å²) in [6, 6.07) is 15.7. The molecule has 4 rings (SSSR count). The van der Waals surface area contributed by atoms with E-state index in [2.05, 4.69) is 21.7 Å². The van der Waals surface area contributed by atoms with Crippen LogP contribution in [-0.2, 0) is 11.3 Å². The van der Waals surface area contributed by atoms with Crippen molar-refractivity contribution in [2.24, 2.45) is 10.9 Å². The first-order chi connectivity index (χ1) is 13.0. The summed E-state index contributed by atoms with van der Waals surface area (Å²) >= 11 is 6.04. The molecule has 4 nitrogen and oxygen atoms in total. The van der Waals surface area contributed by atoms with Crippen molar-refractivity contribution in [1.29, 1.82) is 0 Å². The summed E-state index contributed by atoms with van der Waals surface area (Å²) in [4.78, 5) is 19.5. The molecule has 1 amide bonds. The highest BCUT2D eigenvalue weighted by Gasteiger charge is 2.32. The van der Waals surface area contributed by atoms with Gasteiger partial charge >= 0.3 is 0 Å². The van der Waals surface area contributed by atoms with Crippen molar-refractivity contribution >= 4 is 40.4 Å². The van der Waals surface area contributed by atoms with Crippen molar-refractivity contribution in [2.75, 3.05) is 11.9 Å². The number of fused-ring (bicyclic) bond motifs is 3. The minimum absolute atomic E-state index is 0.0279. The maximum Gasteiger partial charge on any atom is 0.252 e. The number of nitrogens with zero attached hydrogens (tertiary/aromatic N) is 3. The van der Waals surface area contributed by atoms with Crippen LogP contribution < -0.4 is 4.90 Å². The Labute approximate surface area is 164 Å². The Morgan fingerprint density at radius 3 is 2.52 bits per heavy atom. The first kappa shape index (κ1) is 17.8. The molecule has 1 aliphatic rings. The van der Waals surface area contributed by atoms with E-state index in [9.17, 15) is 4.79 Å². The van der Waals surface area contributed by atoms with Crippen LogP contribution in [-0.4, -0.2) is 29.8 Å². The fourth-order valence-electron chi connectivity index (χ4n) is 3.72. The second-order valence-corrected chi connectivity index (χ2v) is 7.77. The zero-order valence-electron chi connectivity index (χ0n) is 15.7. The van der Waals surface area contributed by atoms with Gasteiger partial charge in [0.2, 0.25) is 0 Å². The summed E-state index contributed by atoms with van der Waals surface area (Å²) in [6.45, 7) is 4.72. The van der Waals surface area contributed by atoms with E-state index in [0.29, 0.717) is 11.6 Å². The van der Waals surface area contributed by atoms with Crippen LogP contribution in [0.1, 0.15) is 25.0 Å². The lowest BCUT2D eigenvalue weighted by molar-refractivity contribution is -0.120. The Morgan fingerprint density at radius 1 is 1.11 bits per heavy atom. The Bertz CT molecular complexity index is 1030. The van der Waals surface area contributed by atoms with Crippen LogP contribution in [0.15, 0.2) is 53.5 Å². The number of aliphatic imine (C=N–C) groups is 1. The van der Waals surface area contributed by atoms with Crippen molar-refractivity contribution in [1.82, 2.24) is 4.57 Å². The highest BCUT2D eigenvalue weighted by Crippen LogP contribution is 2.34. The Balaban J connectivity index is 1.91. The van der Waals surface area contributed by atoms with Gasteiger partial charge in [0.15, 0.2) is 0 Å². The van der Waals surface area contributed by atoms with Gasteiger partial charge in [-0.15, -0.1) is 0 Å². The highest BCUT2D eigenvalue weighted by atomic mass is 35.5. The van der Waals surface area contributed by atoms with Gasteiger partial charge in [-0.05, 0) is 29.7 Å². The fraction of sp³-hybridized carbons (Fsp3) is 0.273. The van der Waals surface area contributed by atoms with Crippen molar-refractivity contribution < 1.29 is 4.79 Å². The molecule has 0 fully saturated rings. The second kappa shape index (κ2) is 6.86. The second-order valence-electron chi connectivity index (χ2n) is 7.33. The van der Waals surface area contributed by atoms with Crippen LogP contribution in [0.5, 0.6) is 0 Å². The molecule has 1 unspecified atom stereocenters. The molecule has 5 heteroatoms. The van der Waals surface area contributed by atoms with Gasteiger partial charge in [-0.1, -0.05) is 55.8 Å². The molecular formula is C22H22ClN3O. The topological polar surface area (TPSA) is 37.6 Å². The summed E-state index contributed by atoms with van der Waals surface area (Å²) in [5.74, 6) is 1.07. The molecule has 0 spiro atoms. The third kappa shape index (κ3) is 3.04. The summed E-state index contributed by atoms with van der Waals surface area (Å²) in [5.41, 5.74) is 3.22. The molecule has 0 aliphatic carbocycles. The van der Waals surface area contributed by atoms with Crippen LogP contribution in [0.2, 0.25) is 5.02 Å². The predicted octanol–water partition coefficient (Wildman–Crippen LogP) is 4.76. The first-order valence-corrected chi connectivity index (χ1v) is 9.51. The van der Waals surface area contributed by atoms with Gasteiger partial charge in [-0.3, -0.25) is 14.7 Å². The summed E-state index contributed by atoms with van der Waals surface area (Å²) < 4.78 is 2.19. The Hall–Kier alpha value is -2.59. The van der Waals surface area contributed by atoms with Gasteiger partial charge < -0.3 is 4.57 Å². The van der Waals surface area contributed by atoms with Crippen LogP contribution in [0, 0.1) is 5.92 Å². The zero-order valence-corrected chi connectivity index (χ0v) is 16.4. The number of likely N-dealkylation sites (N-methyl/N-ethyl adjacent to an activating group) is 1. The molecule has 2 heterocycles. The molecule has 1 aliphatic heterocycles. The van der Waals surface area contributed by atoms with Crippen LogP contribution in [0.25, 0.3) is 10.9 Å². The number of halogens is 1. The fourth-order valence-corrected chi connectivity index (χ4v) is 3.84. The molecule has 0 saturated heterocycles. The standard InChI is InChI=1S/C22H22ClN3O/c1-14(2)20-22(27)25(3)21-18(12-24-20)17-6-4-5-7-19(17)26(21)13-15-8-10-16(23)11-9-15/h4-12,14,20H,13H2,1-3H3. The summed E-state index contributed by atoms with van der Waals surface area (Å²) in [7, 11) is 1.85. The lowest BCUT2D eigenvalue weighted by Crippen LogP contribution is -2.38. The zero-order chi connectivity index (χ0) is 19.1. The monoisotopic (exact) mass is 379 g/mol. The Kier molecular flexibility index (Phi) is 4.52. The van der Waals surface area contributed by atoms with Crippen molar-refractivity contribution in [3.63, 3.8) is 0 Å². The number of hydrogen-bond acceptors (Lipinski definition) is 2. The number of benzene rings is 2. The van der Waals surface area contributed by atoms with Crippen LogP contribution in [0.3, 0.4) is 0 Å². The molecule has 138 valence electrons. The van der Waals surface area contributed by atoms with Crippen molar-refractivity contribution in [3.05, 3.63) is 64.7 Å². The number of rotatable bonds is 3. The number of carbonyl (C=O) groups is 1. The minimum atomic E-state index is -0.356. The van der Waals surface area contributed by atoms with E-state index >= 15 is 0 Å². The predicted molar refractivity (Wildman–Crippen MR) is 112 cm³/mol. The summed E-state index contributed by atoms with van der Waals surface area (Å²) in [6.07, 6.45) is 1.88. The number of aromatic nitrogens is 1. The van der Waals surface area contributed by atoms with Crippen LogP contribution >= 0.6 is 11.6 Å². The minimum Gasteiger partial charge on any atom is -0.322 e. The SMILES string of the molecule is CC(C)C1N=Cc2c(n(Cc3ccc(Cl)cc3)c3ccccc23)N(C)C1=O. The summed E-state index contributed by atoms with van der Waals surface area (Å²) in [5, 5.41) is 1.82. The van der Waals surface area contributed by atoms with E-state index < -0.39 is 0 Å². The number of amides is 1. The molecule has 0 N–H and O–H groups in total. The quantitative estimate of drug-likeness (QED) is 0.646. The lowest BCUT2D eigenvalue weighted by Gasteiger charge is -2.24. The smallest absolute Gasteiger partial charge is 0.252 e. The molecule has 0 radical (unpaired) electrons. The van der Waals surface area contributed by atoms with Gasteiger partial charge in [-0.2, -0.15) is 0 Å². The number of anilines is 1. The molecule has 2 aromatic carbocycles. The Morgan fingerprint density at radius 2 is 1.81 bits per heavy atom. The normalized spacial score (nSPS) is 16.9. The molecule has 1 atom stereocenters. The van der Waals surface area contributed by atoms with Crippen LogP contribution in [0.4, 0.5) is 5.82 Å². The lowest BCUT2D eigenvalue weighted by atomic mass is 10.0. The average molecular weight is 380 g/mol. The third-order valence-electron chi connectivity index (χ3n) is 5.13. The van der Waals surface area contributed by atoms with Gasteiger partial charge in [-0.25, -0.2) is 0 Å². The molecular weight excluding hydrogens is 358 g/mol. The van der Waals surface area contributed by atoms with E-state index in [-0.39, 0.29) is 17.9 Å². The van der Waals surface area contributed by atoms with E-state index in [1.54, 1.807) is 4.90 Å². The molecule has 27 heavy (non-hydrogen) atoms. The van der Waals surface area contributed by atoms with Gasteiger partial charge in [0, 0.05) is 35.8 Å². The first-order valence-electron chi connectivity index (χ1n) is 9.14. The maximum atomic E-state index is 13.1. The van der Waals surface area contributed by atoms with E-state index in [0.717, 1.165) is 27.8 Å². The highest BCUT2D eigenvalue weighted by molar-refractivity contribution is 6.30. The van der Waals surface area contributed by atoms with Crippen molar-refractivity contribution in [3.8, 4) is 0 Å². The third-order valence-corrected chi connectivity index (χ3v) is 5.38. The number of hydrogen-bond donors (Lipinski definition) is 0.